The first-order valence-electron chi connectivity index (χ1n) is 7.21. The number of rotatable bonds is 2. The monoisotopic (exact) mass is 322 g/mol. The molecule has 2 aliphatic heterocycles. The van der Waals surface area contributed by atoms with Crippen molar-refractivity contribution in [3.63, 3.8) is 0 Å². The highest BCUT2D eigenvalue weighted by atomic mass is 19.1. The minimum Gasteiger partial charge on any atom is -0.482 e. The average molecular weight is 322 g/mol. The van der Waals surface area contributed by atoms with Crippen LogP contribution in [0.2, 0.25) is 0 Å². The molecule has 0 N–H and O–H groups in total. The Balaban J connectivity index is 1.78. The van der Waals surface area contributed by atoms with Gasteiger partial charge in [-0.25, -0.2) is 4.39 Å². The van der Waals surface area contributed by atoms with Crippen molar-refractivity contribution >= 4 is 17.7 Å². The number of carbonyl (C=O) groups is 3. The molecule has 0 saturated carbocycles. The summed E-state index contributed by atoms with van der Waals surface area (Å²) in [5.74, 6) is -5.63. The molecule has 3 rings (SSSR count). The zero-order valence-corrected chi connectivity index (χ0v) is 12.6. The van der Waals surface area contributed by atoms with Crippen molar-refractivity contribution in [2.24, 2.45) is 5.92 Å². The van der Waals surface area contributed by atoms with Gasteiger partial charge in [-0.2, -0.15) is 0 Å². The maximum atomic E-state index is 13.2. The number of halogens is 1. The van der Waals surface area contributed by atoms with Crippen molar-refractivity contribution in [2.45, 2.75) is 38.6 Å². The van der Waals surface area contributed by atoms with Crippen LogP contribution < -0.4 is 4.74 Å². The van der Waals surface area contributed by atoms with Crippen molar-refractivity contribution in [2.75, 3.05) is 0 Å². The molecule has 7 heteroatoms. The molecule has 1 fully saturated rings. The Hall–Kier alpha value is -2.44. The number of hydrogen-bond donors (Lipinski definition) is 0. The number of benzene rings is 1. The number of hydrogen-bond acceptors (Lipinski definition) is 6. The average Bonchev–Trinajstić information content (AvgIpc) is 2.44. The maximum Gasteiger partial charge on any atom is 0.331 e. The largest absolute Gasteiger partial charge is 0.482 e. The molecular formula is C16H15FO6. The second-order valence-corrected chi connectivity index (χ2v) is 5.97. The smallest absolute Gasteiger partial charge is 0.331 e. The Morgan fingerprint density at radius 2 is 1.87 bits per heavy atom. The van der Waals surface area contributed by atoms with Gasteiger partial charge in [0.15, 0.2) is 11.9 Å². The Kier molecular flexibility index (Phi) is 3.58. The van der Waals surface area contributed by atoms with E-state index in [1.54, 1.807) is 0 Å². The predicted octanol–water partition coefficient (Wildman–Crippen LogP) is 1.54. The van der Waals surface area contributed by atoms with E-state index in [4.69, 9.17) is 14.2 Å². The van der Waals surface area contributed by atoms with Crippen LogP contribution in [0.5, 0.6) is 5.75 Å². The van der Waals surface area contributed by atoms with Crippen LogP contribution in [0.3, 0.4) is 0 Å². The fourth-order valence-electron chi connectivity index (χ4n) is 2.70. The quantitative estimate of drug-likeness (QED) is 0.607. The summed E-state index contributed by atoms with van der Waals surface area (Å²) in [5.41, 5.74) is 0.643. The van der Waals surface area contributed by atoms with Gasteiger partial charge in [0.2, 0.25) is 5.92 Å². The number of Topliss-reactive ketones (excluding diaryl/α,β-unsaturated/α-hetero) is 1. The van der Waals surface area contributed by atoms with E-state index in [-0.39, 0.29) is 6.42 Å². The van der Waals surface area contributed by atoms with Gasteiger partial charge in [-0.3, -0.25) is 14.4 Å². The van der Waals surface area contributed by atoms with Crippen molar-refractivity contribution in [3.05, 3.63) is 29.6 Å². The number of fused-ring (bicyclic) bond motifs is 1. The molecule has 0 radical (unpaired) electrons. The highest BCUT2D eigenvalue weighted by molar-refractivity contribution is 6.17. The zero-order valence-electron chi connectivity index (χ0n) is 12.6. The molecule has 1 aromatic carbocycles. The van der Waals surface area contributed by atoms with Gasteiger partial charge in [0.25, 0.3) is 5.79 Å². The third-order valence-corrected chi connectivity index (χ3v) is 3.73. The minimum atomic E-state index is -1.64. The van der Waals surface area contributed by atoms with Gasteiger partial charge < -0.3 is 14.2 Å². The lowest BCUT2D eigenvalue weighted by Crippen LogP contribution is -2.52. The number of cyclic esters (lactones) is 2. The maximum absolute atomic E-state index is 13.2. The van der Waals surface area contributed by atoms with Gasteiger partial charge in [-0.05, 0) is 36.6 Å². The minimum absolute atomic E-state index is 0.246. The van der Waals surface area contributed by atoms with Crippen molar-refractivity contribution in [1.82, 2.24) is 0 Å². The molecule has 0 aromatic heterocycles. The molecule has 0 amide bonds. The third kappa shape index (κ3) is 2.91. The van der Waals surface area contributed by atoms with Crippen LogP contribution in [0, 0.1) is 11.7 Å². The van der Waals surface area contributed by atoms with E-state index in [0.29, 0.717) is 17.7 Å². The topological polar surface area (TPSA) is 78.9 Å². The molecule has 2 aliphatic rings. The predicted molar refractivity (Wildman–Crippen MR) is 73.9 cm³/mol. The molecule has 0 spiro atoms. The van der Waals surface area contributed by atoms with Crippen molar-refractivity contribution in [3.8, 4) is 5.75 Å². The van der Waals surface area contributed by atoms with Gasteiger partial charge >= 0.3 is 11.9 Å². The Bertz CT molecular complexity index is 676. The molecule has 0 unspecified atom stereocenters. The van der Waals surface area contributed by atoms with Crippen molar-refractivity contribution < 1.29 is 33.0 Å². The summed E-state index contributed by atoms with van der Waals surface area (Å²) in [6, 6.07) is 3.98. The van der Waals surface area contributed by atoms with E-state index in [2.05, 4.69) is 0 Å². The van der Waals surface area contributed by atoms with Crippen molar-refractivity contribution in [1.29, 1.82) is 0 Å². The second kappa shape index (κ2) is 5.33. The van der Waals surface area contributed by atoms with Gasteiger partial charge in [0, 0.05) is 13.8 Å². The molecule has 0 bridgehead atoms. The van der Waals surface area contributed by atoms with Crippen LogP contribution in [0.1, 0.15) is 25.8 Å². The van der Waals surface area contributed by atoms with Crippen LogP contribution in [-0.2, 0) is 30.3 Å². The number of ether oxygens (including phenoxy) is 3. The first kappa shape index (κ1) is 15.5. The lowest BCUT2D eigenvalue weighted by atomic mass is 9.92. The number of aryl methyl sites for hydroxylation is 1. The summed E-state index contributed by atoms with van der Waals surface area (Å²) >= 11 is 0. The van der Waals surface area contributed by atoms with Gasteiger partial charge in [0.05, 0.1) is 0 Å². The van der Waals surface area contributed by atoms with E-state index in [1.807, 2.05) is 0 Å². The Morgan fingerprint density at radius 3 is 2.52 bits per heavy atom. The molecule has 1 atom stereocenters. The summed E-state index contributed by atoms with van der Waals surface area (Å²) < 4.78 is 28.6. The normalized spacial score (nSPS) is 23.3. The summed E-state index contributed by atoms with van der Waals surface area (Å²) in [7, 11) is 0. The lowest BCUT2D eigenvalue weighted by molar-refractivity contribution is -0.238. The van der Waals surface area contributed by atoms with Gasteiger partial charge in [-0.15, -0.1) is 0 Å². The van der Waals surface area contributed by atoms with Crippen LogP contribution in [0.4, 0.5) is 4.39 Å². The Morgan fingerprint density at radius 1 is 1.22 bits per heavy atom. The summed E-state index contributed by atoms with van der Waals surface area (Å²) in [6.45, 7) is 2.82. The van der Waals surface area contributed by atoms with Crippen LogP contribution in [0.25, 0.3) is 0 Å². The van der Waals surface area contributed by atoms with Crippen LogP contribution in [0.15, 0.2) is 18.2 Å². The van der Waals surface area contributed by atoms with Gasteiger partial charge in [-0.1, -0.05) is 0 Å². The fraction of sp³-hybridized carbons (Fsp3) is 0.438. The number of ketones is 1. The molecular weight excluding hydrogens is 307 g/mol. The summed E-state index contributed by atoms with van der Waals surface area (Å²) in [6.07, 6.45) is -0.319. The summed E-state index contributed by atoms with van der Waals surface area (Å²) in [5, 5.41) is 0. The van der Waals surface area contributed by atoms with E-state index < -0.39 is 41.3 Å². The second-order valence-electron chi connectivity index (χ2n) is 5.97. The Labute approximate surface area is 131 Å². The number of carbonyl (C=O) groups excluding carboxylic acids is 3. The molecule has 1 aromatic rings. The highest BCUT2D eigenvalue weighted by Gasteiger charge is 2.49. The molecule has 122 valence electrons. The molecule has 1 saturated heterocycles. The standard InChI is InChI=1S/C16H15FO6/c1-16(2)22-14(19)12(15(20)23-16)13(18)11-5-3-8-7-9(17)4-6-10(8)21-11/h4,6-7,11-12H,3,5H2,1-2H3/t11-/m1/s1. The van der Waals surface area contributed by atoms with E-state index in [0.717, 1.165) is 0 Å². The highest BCUT2D eigenvalue weighted by Crippen LogP contribution is 2.31. The first-order valence-corrected chi connectivity index (χ1v) is 7.21. The third-order valence-electron chi connectivity index (χ3n) is 3.73. The summed E-state index contributed by atoms with van der Waals surface area (Å²) in [4.78, 5) is 36.4. The number of esters is 2. The zero-order chi connectivity index (χ0) is 16.8. The van der Waals surface area contributed by atoms with Crippen LogP contribution >= 0.6 is 0 Å². The van der Waals surface area contributed by atoms with E-state index in [9.17, 15) is 18.8 Å². The molecule has 0 aliphatic carbocycles. The molecule has 23 heavy (non-hydrogen) atoms. The van der Waals surface area contributed by atoms with E-state index in [1.165, 1.54) is 32.0 Å². The van der Waals surface area contributed by atoms with Crippen LogP contribution in [-0.4, -0.2) is 29.6 Å². The molecule has 2 heterocycles. The SMILES string of the molecule is CC1(C)OC(=O)C(C(=O)[C@H]2CCc3cc(F)ccc3O2)C(=O)O1. The lowest BCUT2D eigenvalue weighted by Gasteiger charge is -2.34. The molecule has 6 nitrogen and oxygen atoms in total. The van der Waals surface area contributed by atoms with E-state index >= 15 is 0 Å². The van der Waals surface area contributed by atoms with Gasteiger partial charge in [0.1, 0.15) is 11.6 Å². The fourth-order valence-corrected chi connectivity index (χ4v) is 2.70. The first-order chi connectivity index (χ1) is 10.8.